The second kappa shape index (κ2) is 6.59. The number of pyridine rings is 1. The standard InChI is InChI=1S/C15H18N2OS/c1-11-9-12(7-8-16)10-17-15(11)19-14-5-3-13(18-2)4-6-14/h3-6,9-10H,7-8,16H2,1-2H3. The molecule has 0 spiro atoms. The average Bonchev–Trinajstić information content (AvgIpc) is 2.43. The van der Waals surface area contributed by atoms with Crippen LogP contribution in [0.3, 0.4) is 0 Å². The van der Waals surface area contributed by atoms with E-state index in [0.717, 1.165) is 22.1 Å². The number of aromatic nitrogens is 1. The molecule has 1 aromatic heterocycles. The van der Waals surface area contributed by atoms with Gasteiger partial charge in [0.05, 0.1) is 7.11 Å². The van der Waals surface area contributed by atoms with Gasteiger partial charge in [0, 0.05) is 11.1 Å². The summed E-state index contributed by atoms with van der Waals surface area (Å²) in [7, 11) is 1.67. The van der Waals surface area contributed by atoms with Crippen LogP contribution in [0, 0.1) is 6.92 Å². The lowest BCUT2D eigenvalue weighted by Gasteiger charge is -2.07. The lowest BCUT2D eigenvalue weighted by Crippen LogP contribution is -2.03. The fourth-order valence-corrected chi connectivity index (χ4v) is 2.61. The van der Waals surface area contributed by atoms with Gasteiger partial charge < -0.3 is 10.5 Å². The predicted molar refractivity (Wildman–Crippen MR) is 78.8 cm³/mol. The molecule has 0 saturated heterocycles. The highest BCUT2D eigenvalue weighted by atomic mass is 32.2. The number of methoxy groups -OCH3 is 1. The van der Waals surface area contributed by atoms with E-state index in [1.165, 1.54) is 11.1 Å². The Bertz CT molecular complexity index is 540. The molecule has 2 aromatic rings. The molecule has 0 aliphatic carbocycles. The Balaban J connectivity index is 2.13. The van der Waals surface area contributed by atoms with E-state index >= 15 is 0 Å². The van der Waals surface area contributed by atoms with Gasteiger partial charge in [-0.2, -0.15) is 0 Å². The van der Waals surface area contributed by atoms with Crippen molar-refractivity contribution in [2.24, 2.45) is 5.73 Å². The first-order valence-electron chi connectivity index (χ1n) is 6.20. The maximum Gasteiger partial charge on any atom is 0.118 e. The predicted octanol–water partition coefficient (Wildman–Crippen LogP) is 3.05. The van der Waals surface area contributed by atoms with E-state index in [1.54, 1.807) is 18.9 Å². The van der Waals surface area contributed by atoms with Crippen molar-refractivity contribution < 1.29 is 4.74 Å². The molecule has 1 aromatic carbocycles. The largest absolute Gasteiger partial charge is 0.497 e. The summed E-state index contributed by atoms with van der Waals surface area (Å²) in [6.45, 7) is 2.74. The van der Waals surface area contributed by atoms with Crippen molar-refractivity contribution in [2.75, 3.05) is 13.7 Å². The first-order chi connectivity index (χ1) is 9.22. The molecule has 0 atom stereocenters. The minimum Gasteiger partial charge on any atom is -0.497 e. The van der Waals surface area contributed by atoms with Crippen LogP contribution in [0.5, 0.6) is 5.75 Å². The van der Waals surface area contributed by atoms with E-state index in [-0.39, 0.29) is 0 Å². The Morgan fingerprint density at radius 2 is 2.00 bits per heavy atom. The summed E-state index contributed by atoms with van der Waals surface area (Å²) in [6.07, 6.45) is 2.78. The Morgan fingerprint density at radius 3 is 2.58 bits per heavy atom. The Kier molecular flexibility index (Phi) is 4.82. The SMILES string of the molecule is COc1ccc(Sc2ncc(CCN)cc2C)cc1. The van der Waals surface area contributed by atoms with Crippen LogP contribution in [0.2, 0.25) is 0 Å². The van der Waals surface area contributed by atoms with Gasteiger partial charge >= 0.3 is 0 Å². The van der Waals surface area contributed by atoms with Crippen LogP contribution in [0.1, 0.15) is 11.1 Å². The molecular formula is C15H18N2OS. The topological polar surface area (TPSA) is 48.1 Å². The first kappa shape index (κ1) is 13.9. The molecule has 2 N–H and O–H groups in total. The molecule has 0 radical (unpaired) electrons. The molecular weight excluding hydrogens is 256 g/mol. The number of benzene rings is 1. The molecule has 1 heterocycles. The van der Waals surface area contributed by atoms with Gasteiger partial charge in [-0.05, 0) is 55.3 Å². The molecule has 19 heavy (non-hydrogen) atoms. The van der Waals surface area contributed by atoms with Crippen LogP contribution >= 0.6 is 11.8 Å². The maximum atomic E-state index is 5.55. The fourth-order valence-electron chi connectivity index (χ4n) is 1.79. The number of nitrogens with two attached hydrogens (primary N) is 1. The van der Waals surface area contributed by atoms with E-state index in [2.05, 4.69) is 18.0 Å². The highest BCUT2D eigenvalue weighted by Crippen LogP contribution is 2.29. The number of aryl methyl sites for hydroxylation is 1. The minimum absolute atomic E-state index is 0.659. The molecule has 0 amide bonds. The summed E-state index contributed by atoms with van der Waals surface area (Å²) in [5.74, 6) is 0.868. The zero-order valence-corrected chi connectivity index (χ0v) is 12.0. The molecule has 4 heteroatoms. The summed E-state index contributed by atoms with van der Waals surface area (Å²) in [5, 5.41) is 1.03. The quantitative estimate of drug-likeness (QED) is 0.910. The van der Waals surface area contributed by atoms with E-state index in [9.17, 15) is 0 Å². The smallest absolute Gasteiger partial charge is 0.118 e. The molecule has 0 saturated carbocycles. The lowest BCUT2D eigenvalue weighted by atomic mass is 10.2. The average molecular weight is 274 g/mol. The van der Waals surface area contributed by atoms with Crippen molar-refractivity contribution in [3.63, 3.8) is 0 Å². The van der Waals surface area contributed by atoms with Crippen molar-refractivity contribution in [2.45, 2.75) is 23.3 Å². The van der Waals surface area contributed by atoms with Gasteiger partial charge in [-0.25, -0.2) is 4.98 Å². The molecule has 0 bridgehead atoms. The molecule has 2 rings (SSSR count). The van der Waals surface area contributed by atoms with E-state index in [0.29, 0.717) is 6.54 Å². The molecule has 0 fully saturated rings. The summed E-state index contributed by atoms with van der Waals surface area (Å²) in [4.78, 5) is 5.67. The van der Waals surface area contributed by atoms with Crippen LogP contribution in [0.25, 0.3) is 0 Å². The fraction of sp³-hybridized carbons (Fsp3) is 0.267. The number of nitrogens with zero attached hydrogens (tertiary/aromatic N) is 1. The summed E-state index contributed by atoms with van der Waals surface area (Å²) >= 11 is 1.66. The third kappa shape index (κ3) is 3.72. The lowest BCUT2D eigenvalue weighted by molar-refractivity contribution is 0.414. The summed E-state index contributed by atoms with van der Waals surface area (Å²) in [6, 6.07) is 10.2. The van der Waals surface area contributed by atoms with Gasteiger partial charge in [0.15, 0.2) is 0 Å². The van der Waals surface area contributed by atoms with Crippen LogP contribution < -0.4 is 10.5 Å². The highest BCUT2D eigenvalue weighted by molar-refractivity contribution is 7.99. The third-order valence-electron chi connectivity index (χ3n) is 2.79. The van der Waals surface area contributed by atoms with Gasteiger partial charge in [0.2, 0.25) is 0 Å². The van der Waals surface area contributed by atoms with Gasteiger partial charge in [-0.3, -0.25) is 0 Å². The van der Waals surface area contributed by atoms with Crippen LogP contribution in [0.4, 0.5) is 0 Å². The van der Waals surface area contributed by atoms with E-state index in [4.69, 9.17) is 10.5 Å². The van der Waals surface area contributed by atoms with Crippen molar-refractivity contribution in [1.29, 1.82) is 0 Å². The number of ether oxygens (including phenoxy) is 1. The first-order valence-corrected chi connectivity index (χ1v) is 7.02. The van der Waals surface area contributed by atoms with Crippen LogP contribution in [-0.4, -0.2) is 18.6 Å². The minimum atomic E-state index is 0.659. The monoisotopic (exact) mass is 274 g/mol. The summed E-state index contributed by atoms with van der Waals surface area (Å²) in [5.41, 5.74) is 7.94. The van der Waals surface area contributed by atoms with Gasteiger partial charge in [0.25, 0.3) is 0 Å². The third-order valence-corrected chi connectivity index (χ3v) is 3.92. The van der Waals surface area contributed by atoms with Gasteiger partial charge in [-0.15, -0.1) is 0 Å². The molecule has 100 valence electrons. The number of hydrogen-bond acceptors (Lipinski definition) is 4. The maximum absolute atomic E-state index is 5.55. The van der Waals surface area contributed by atoms with Crippen molar-refractivity contribution in [3.05, 3.63) is 47.7 Å². The van der Waals surface area contributed by atoms with Crippen molar-refractivity contribution >= 4 is 11.8 Å². The Morgan fingerprint density at radius 1 is 1.26 bits per heavy atom. The second-order valence-corrected chi connectivity index (χ2v) is 5.34. The Labute approximate surface area is 118 Å². The molecule has 3 nitrogen and oxygen atoms in total. The molecule has 0 aliphatic heterocycles. The molecule has 0 unspecified atom stereocenters. The zero-order valence-electron chi connectivity index (χ0n) is 11.2. The zero-order chi connectivity index (χ0) is 13.7. The van der Waals surface area contributed by atoms with E-state index < -0.39 is 0 Å². The Hall–Kier alpha value is -1.52. The van der Waals surface area contributed by atoms with E-state index in [1.807, 2.05) is 30.5 Å². The van der Waals surface area contributed by atoms with Gasteiger partial charge in [-0.1, -0.05) is 17.8 Å². The highest BCUT2D eigenvalue weighted by Gasteiger charge is 2.04. The van der Waals surface area contributed by atoms with Crippen LogP contribution in [-0.2, 0) is 6.42 Å². The van der Waals surface area contributed by atoms with Crippen LogP contribution in [0.15, 0.2) is 46.5 Å². The number of hydrogen-bond donors (Lipinski definition) is 1. The normalized spacial score (nSPS) is 10.5. The second-order valence-electron chi connectivity index (χ2n) is 4.28. The van der Waals surface area contributed by atoms with Gasteiger partial charge in [0.1, 0.15) is 10.8 Å². The molecule has 0 aliphatic rings. The van der Waals surface area contributed by atoms with Crippen molar-refractivity contribution in [3.8, 4) is 5.75 Å². The van der Waals surface area contributed by atoms with Crippen molar-refractivity contribution in [1.82, 2.24) is 4.98 Å². The number of rotatable bonds is 5. The summed E-state index contributed by atoms with van der Waals surface area (Å²) < 4.78 is 5.15.